The summed E-state index contributed by atoms with van der Waals surface area (Å²) in [6, 6.07) is 13.6. The van der Waals surface area contributed by atoms with E-state index in [0.29, 0.717) is 30.0 Å². The van der Waals surface area contributed by atoms with Gasteiger partial charge in [-0.25, -0.2) is 0 Å². The zero-order valence-corrected chi connectivity index (χ0v) is 17.6. The minimum atomic E-state index is 0.0270. The fraction of sp³-hybridized carbons (Fsp3) is 0.417. The highest BCUT2D eigenvalue weighted by molar-refractivity contribution is 5.94. The Bertz CT molecular complexity index is 925. The molecular weight excluding hydrogens is 380 g/mol. The smallest absolute Gasteiger partial charge is 0.254 e. The Balaban J connectivity index is 1.49. The van der Waals surface area contributed by atoms with E-state index in [4.69, 9.17) is 9.47 Å². The first-order valence-electron chi connectivity index (χ1n) is 10.5. The Morgan fingerprint density at radius 3 is 2.43 bits per heavy atom. The van der Waals surface area contributed by atoms with Crippen molar-refractivity contribution in [3.8, 4) is 11.5 Å². The van der Waals surface area contributed by atoms with Crippen LogP contribution in [-0.2, 0) is 11.3 Å². The second-order valence-corrected chi connectivity index (χ2v) is 7.89. The van der Waals surface area contributed by atoms with E-state index in [1.54, 1.807) is 14.2 Å². The number of ether oxygens (including phenoxy) is 2. The van der Waals surface area contributed by atoms with Crippen molar-refractivity contribution in [2.45, 2.75) is 38.3 Å². The average molecular weight is 408 g/mol. The van der Waals surface area contributed by atoms with Gasteiger partial charge in [0.05, 0.1) is 20.3 Å². The molecule has 0 aliphatic carbocycles. The van der Waals surface area contributed by atoms with Crippen LogP contribution in [0.2, 0.25) is 0 Å². The third kappa shape index (κ3) is 3.99. The molecule has 2 amide bonds. The largest absolute Gasteiger partial charge is 0.493 e. The first-order valence-corrected chi connectivity index (χ1v) is 10.5. The van der Waals surface area contributed by atoms with Crippen LogP contribution in [-0.4, -0.2) is 48.9 Å². The summed E-state index contributed by atoms with van der Waals surface area (Å²) in [5.41, 5.74) is 2.79. The highest BCUT2D eigenvalue weighted by Crippen LogP contribution is 2.37. The summed E-state index contributed by atoms with van der Waals surface area (Å²) < 4.78 is 10.8. The predicted molar refractivity (Wildman–Crippen MR) is 114 cm³/mol. The lowest BCUT2D eigenvalue weighted by Crippen LogP contribution is -2.30. The fourth-order valence-electron chi connectivity index (χ4n) is 4.43. The molecule has 30 heavy (non-hydrogen) atoms. The Morgan fingerprint density at radius 1 is 1.00 bits per heavy atom. The Morgan fingerprint density at radius 2 is 1.77 bits per heavy atom. The van der Waals surface area contributed by atoms with Crippen molar-refractivity contribution < 1.29 is 19.1 Å². The second kappa shape index (κ2) is 8.78. The molecule has 0 bridgehead atoms. The summed E-state index contributed by atoms with van der Waals surface area (Å²) in [5.74, 6) is 1.61. The van der Waals surface area contributed by atoms with Gasteiger partial charge in [0.25, 0.3) is 5.91 Å². The molecule has 1 atom stereocenters. The normalized spacial score (nSPS) is 18.7. The second-order valence-electron chi connectivity index (χ2n) is 7.89. The van der Waals surface area contributed by atoms with Crippen LogP contribution in [0.4, 0.5) is 0 Å². The van der Waals surface area contributed by atoms with Crippen molar-refractivity contribution in [2.75, 3.05) is 27.3 Å². The summed E-state index contributed by atoms with van der Waals surface area (Å²) >= 11 is 0. The third-order valence-electron chi connectivity index (χ3n) is 6.05. The summed E-state index contributed by atoms with van der Waals surface area (Å²) in [4.78, 5) is 28.9. The molecule has 2 heterocycles. The Kier molecular flexibility index (Phi) is 5.93. The summed E-state index contributed by atoms with van der Waals surface area (Å²) in [6.07, 6.45) is 3.47. The van der Waals surface area contributed by atoms with E-state index >= 15 is 0 Å². The van der Waals surface area contributed by atoms with E-state index in [1.165, 1.54) is 0 Å². The van der Waals surface area contributed by atoms with Crippen molar-refractivity contribution in [3.63, 3.8) is 0 Å². The van der Waals surface area contributed by atoms with Gasteiger partial charge in [-0.3, -0.25) is 9.59 Å². The molecule has 0 N–H and O–H groups in total. The molecule has 4 rings (SSSR count). The number of nitrogens with zero attached hydrogens (tertiary/aromatic N) is 2. The van der Waals surface area contributed by atoms with Crippen LogP contribution in [0.15, 0.2) is 42.5 Å². The molecule has 158 valence electrons. The molecule has 2 aromatic carbocycles. The van der Waals surface area contributed by atoms with Crippen molar-refractivity contribution in [3.05, 3.63) is 59.2 Å². The van der Waals surface area contributed by atoms with E-state index in [9.17, 15) is 9.59 Å². The van der Waals surface area contributed by atoms with Crippen molar-refractivity contribution >= 4 is 11.8 Å². The van der Waals surface area contributed by atoms with Gasteiger partial charge in [-0.1, -0.05) is 18.2 Å². The number of benzene rings is 2. The number of hydrogen-bond acceptors (Lipinski definition) is 4. The molecule has 0 saturated carbocycles. The summed E-state index contributed by atoms with van der Waals surface area (Å²) in [7, 11) is 3.24. The monoisotopic (exact) mass is 408 g/mol. The van der Waals surface area contributed by atoms with Gasteiger partial charge < -0.3 is 19.3 Å². The molecule has 2 aliphatic heterocycles. The molecule has 0 aromatic heterocycles. The first kappa shape index (κ1) is 20.3. The standard InChI is InChI=1S/C24H28N2O4/c1-29-21-12-11-19(15-22(21)30-2)20-5-3-14-26(20)24(28)18-9-7-17(8-10-18)16-25-13-4-6-23(25)27/h7-12,15,20H,3-6,13-14,16H2,1-2H3. The molecule has 6 heteroatoms. The molecule has 2 saturated heterocycles. The van der Waals surface area contributed by atoms with Crippen molar-refractivity contribution in [2.24, 2.45) is 0 Å². The molecule has 1 unspecified atom stereocenters. The van der Waals surface area contributed by atoms with E-state index < -0.39 is 0 Å². The SMILES string of the molecule is COc1ccc(C2CCCN2C(=O)c2ccc(CN3CCCC3=O)cc2)cc1OC. The highest BCUT2D eigenvalue weighted by atomic mass is 16.5. The molecule has 2 fully saturated rings. The van der Waals surface area contributed by atoms with Crippen molar-refractivity contribution in [1.29, 1.82) is 0 Å². The maximum Gasteiger partial charge on any atom is 0.254 e. The van der Waals surface area contributed by atoms with Crippen LogP contribution in [0.1, 0.15) is 53.2 Å². The molecular formula is C24H28N2O4. The van der Waals surface area contributed by atoms with E-state index in [2.05, 4.69) is 0 Å². The number of likely N-dealkylation sites (tertiary alicyclic amines) is 2. The molecule has 2 aromatic rings. The van der Waals surface area contributed by atoms with Gasteiger partial charge >= 0.3 is 0 Å². The maximum atomic E-state index is 13.2. The van der Waals surface area contributed by atoms with Crippen LogP contribution in [0, 0.1) is 0 Å². The highest BCUT2D eigenvalue weighted by Gasteiger charge is 2.31. The lowest BCUT2D eigenvalue weighted by Gasteiger charge is -2.26. The minimum Gasteiger partial charge on any atom is -0.493 e. The lowest BCUT2D eigenvalue weighted by molar-refractivity contribution is -0.128. The predicted octanol–water partition coefficient (Wildman–Crippen LogP) is 3.80. The number of carbonyl (C=O) groups excluding carboxylic acids is 2. The molecule has 0 spiro atoms. The zero-order chi connectivity index (χ0) is 21.1. The average Bonchev–Trinajstić information content (AvgIpc) is 3.42. The summed E-state index contributed by atoms with van der Waals surface area (Å²) in [5, 5.41) is 0. The number of carbonyl (C=O) groups is 2. The number of rotatable bonds is 6. The van der Waals surface area contributed by atoms with Gasteiger partial charge in [0.2, 0.25) is 5.91 Å². The third-order valence-corrected chi connectivity index (χ3v) is 6.05. The van der Waals surface area contributed by atoms with Gasteiger partial charge in [-0.2, -0.15) is 0 Å². The van der Waals surface area contributed by atoms with Gasteiger partial charge in [0.15, 0.2) is 11.5 Å². The molecule has 0 radical (unpaired) electrons. The van der Waals surface area contributed by atoms with Crippen LogP contribution < -0.4 is 9.47 Å². The number of amides is 2. The topological polar surface area (TPSA) is 59.1 Å². The van der Waals surface area contributed by atoms with E-state index in [1.807, 2.05) is 52.3 Å². The Labute approximate surface area is 177 Å². The van der Waals surface area contributed by atoms with Crippen molar-refractivity contribution in [1.82, 2.24) is 9.80 Å². The van der Waals surface area contributed by atoms with Crippen LogP contribution >= 0.6 is 0 Å². The fourth-order valence-corrected chi connectivity index (χ4v) is 4.43. The van der Waals surface area contributed by atoms with E-state index in [0.717, 1.165) is 43.5 Å². The molecule has 2 aliphatic rings. The first-order chi connectivity index (χ1) is 14.6. The van der Waals surface area contributed by atoms with Crippen LogP contribution in [0.5, 0.6) is 11.5 Å². The van der Waals surface area contributed by atoms with Crippen LogP contribution in [0.25, 0.3) is 0 Å². The molecule has 6 nitrogen and oxygen atoms in total. The Hall–Kier alpha value is -3.02. The van der Waals surface area contributed by atoms with Gasteiger partial charge in [-0.05, 0) is 54.7 Å². The number of hydrogen-bond donors (Lipinski definition) is 0. The van der Waals surface area contributed by atoms with Crippen LogP contribution in [0.3, 0.4) is 0 Å². The maximum absolute atomic E-state index is 13.2. The zero-order valence-electron chi connectivity index (χ0n) is 17.6. The number of methoxy groups -OCH3 is 2. The van der Waals surface area contributed by atoms with E-state index in [-0.39, 0.29) is 17.9 Å². The van der Waals surface area contributed by atoms with Gasteiger partial charge in [-0.15, -0.1) is 0 Å². The summed E-state index contributed by atoms with van der Waals surface area (Å²) in [6.45, 7) is 2.17. The van der Waals surface area contributed by atoms with Gasteiger partial charge in [0.1, 0.15) is 0 Å². The minimum absolute atomic E-state index is 0.0270. The lowest BCUT2D eigenvalue weighted by atomic mass is 10.0. The van der Waals surface area contributed by atoms with Gasteiger partial charge in [0, 0.05) is 31.6 Å². The quantitative estimate of drug-likeness (QED) is 0.729.